The molecule has 0 unspecified atom stereocenters. The molecule has 1 aliphatic rings. The van der Waals surface area contributed by atoms with Crippen LogP contribution in [0.3, 0.4) is 0 Å². The van der Waals surface area contributed by atoms with Crippen molar-refractivity contribution >= 4 is 21.9 Å². The largest absolute Gasteiger partial charge is 0.455 e. The van der Waals surface area contributed by atoms with Gasteiger partial charge in [-0.05, 0) is 55.0 Å². The van der Waals surface area contributed by atoms with Crippen molar-refractivity contribution < 1.29 is 8.98 Å². The standard InChI is InChI=1S/C26H25N2O/c1-17-11-12-20-25-21(19-8-4-3-5-9-19)14-18(16-27)15-23(25)29-26(20)24(17)22-10-6-7-13-28(22)2/h6-7,10-15,19H,3-5,8-9H2,1-2H3/q+1. The number of nitrogens with zero attached hydrogens (tertiary/aromatic N) is 2. The molecule has 2 aromatic carbocycles. The number of pyridine rings is 1. The van der Waals surface area contributed by atoms with Gasteiger partial charge in [-0.1, -0.05) is 31.4 Å². The van der Waals surface area contributed by atoms with E-state index in [9.17, 15) is 5.26 Å². The zero-order chi connectivity index (χ0) is 20.0. The van der Waals surface area contributed by atoms with Crippen LogP contribution in [-0.2, 0) is 7.05 Å². The third kappa shape index (κ3) is 2.91. The number of hydrogen-bond donors (Lipinski definition) is 0. The molecule has 0 aliphatic heterocycles. The lowest BCUT2D eigenvalue weighted by Gasteiger charge is -2.22. The minimum absolute atomic E-state index is 0.512. The summed E-state index contributed by atoms with van der Waals surface area (Å²) in [5.74, 6) is 0.512. The van der Waals surface area contributed by atoms with Crippen LogP contribution in [0.4, 0.5) is 0 Å². The molecule has 2 heterocycles. The van der Waals surface area contributed by atoms with Crippen molar-refractivity contribution in [2.45, 2.75) is 44.9 Å². The number of aryl methyl sites for hydroxylation is 2. The SMILES string of the molecule is Cc1ccc2c(oc3cc(C#N)cc(C4CCCCC4)c32)c1-c1cccc[n+]1C. The second-order valence-electron chi connectivity index (χ2n) is 8.32. The third-order valence-corrected chi connectivity index (χ3v) is 6.47. The summed E-state index contributed by atoms with van der Waals surface area (Å²) in [6.45, 7) is 2.14. The molecule has 0 saturated heterocycles. The van der Waals surface area contributed by atoms with Gasteiger partial charge in [-0.25, -0.2) is 4.57 Å². The lowest BCUT2D eigenvalue weighted by atomic mass is 9.81. The van der Waals surface area contributed by atoms with E-state index in [0.29, 0.717) is 11.5 Å². The van der Waals surface area contributed by atoms with Crippen LogP contribution in [-0.4, -0.2) is 0 Å². The van der Waals surface area contributed by atoms with Crippen molar-refractivity contribution in [3.63, 3.8) is 0 Å². The second kappa shape index (κ2) is 7.04. The second-order valence-corrected chi connectivity index (χ2v) is 8.32. The summed E-state index contributed by atoms with van der Waals surface area (Å²) in [4.78, 5) is 0. The summed E-state index contributed by atoms with van der Waals surface area (Å²) >= 11 is 0. The number of rotatable bonds is 2. The minimum Gasteiger partial charge on any atom is -0.455 e. The summed E-state index contributed by atoms with van der Waals surface area (Å²) in [6, 6.07) is 17.0. The summed E-state index contributed by atoms with van der Waals surface area (Å²) < 4.78 is 8.62. The van der Waals surface area contributed by atoms with E-state index in [1.54, 1.807) is 0 Å². The van der Waals surface area contributed by atoms with Gasteiger partial charge in [-0.15, -0.1) is 0 Å². The van der Waals surface area contributed by atoms with Gasteiger partial charge in [-0.2, -0.15) is 5.26 Å². The molecule has 4 aromatic rings. The molecule has 0 atom stereocenters. The molecule has 2 aromatic heterocycles. The van der Waals surface area contributed by atoms with E-state index in [1.165, 1.54) is 48.6 Å². The normalized spacial score (nSPS) is 15.1. The Morgan fingerprint density at radius 2 is 1.90 bits per heavy atom. The lowest BCUT2D eigenvalue weighted by molar-refractivity contribution is -0.660. The number of hydrogen-bond acceptors (Lipinski definition) is 2. The highest BCUT2D eigenvalue weighted by atomic mass is 16.3. The van der Waals surface area contributed by atoms with Gasteiger partial charge in [0.1, 0.15) is 18.2 Å². The highest BCUT2D eigenvalue weighted by Gasteiger charge is 2.25. The number of aromatic nitrogens is 1. The van der Waals surface area contributed by atoms with Crippen LogP contribution in [0.5, 0.6) is 0 Å². The molecule has 0 amide bonds. The Morgan fingerprint density at radius 1 is 1.07 bits per heavy atom. The predicted molar refractivity (Wildman–Crippen MR) is 116 cm³/mol. The molecular formula is C26H25N2O+. The molecule has 0 spiro atoms. The molecule has 3 nitrogen and oxygen atoms in total. The molecule has 0 radical (unpaired) electrons. The Balaban J connectivity index is 1.86. The predicted octanol–water partition coefficient (Wildman–Crippen LogP) is 6.31. The van der Waals surface area contributed by atoms with Crippen LogP contribution >= 0.6 is 0 Å². The lowest BCUT2D eigenvalue weighted by Crippen LogP contribution is -2.30. The molecular weight excluding hydrogens is 356 g/mol. The minimum atomic E-state index is 0.512. The fourth-order valence-electron chi connectivity index (χ4n) is 5.00. The van der Waals surface area contributed by atoms with Crippen LogP contribution in [0.1, 0.15) is 54.7 Å². The highest BCUT2D eigenvalue weighted by Crippen LogP contribution is 2.43. The molecule has 0 bridgehead atoms. The fraction of sp³-hybridized carbons (Fsp3) is 0.308. The van der Waals surface area contributed by atoms with E-state index in [0.717, 1.165) is 27.8 Å². The Bertz CT molecular complexity index is 1270. The molecule has 1 fully saturated rings. The average Bonchev–Trinajstić information content (AvgIpc) is 3.12. The van der Waals surface area contributed by atoms with Gasteiger partial charge in [0, 0.05) is 22.9 Å². The number of furan rings is 1. The van der Waals surface area contributed by atoms with Gasteiger partial charge in [0.15, 0.2) is 6.20 Å². The maximum atomic E-state index is 9.61. The first kappa shape index (κ1) is 17.9. The van der Waals surface area contributed by atoms with Gasteiger partial charge in [-0.3, -0.25) is 0 Å². The first-order chi connectivity index (χ1) is 14.2. The molecule has 3 heteroatoms. The molecule has 1 aliphatic carbocycles. The molecule has 144 valence electrons. The Labute approximate surface area is 171 Å². The van der Waals surface area contributed by atoms with E-state index in [4.69, 9.17) is 4.42 Å². The first-order valence-corrected chi connectivity index (χ1v) is 10.5. The molecule has 0 N–H and O–H groups in total. The number of nitriles is 1. The quantitative estimate of drug-likeness (QED) is 0.382. The monoisotopic (exact) mass is 381 g/mol. The topological polar surface area (TPSA) is 40.8 Å². The van der Waals surface area contributed by atoms with E-state index in [2.05, 4.69) is 61.1 Å². The zero-order valence-corrected chi connectivity index (χ0v) is 17.0. The maximum Gasteiger partial charge on any atom is 0.216 e. The van der Waals surface area contributed by atoms with Crippen molar-refractivity contribution in [3.05, 3.63) is 65.4 Å². The molecule has 1 saturated carbocycles. The van der Waals surface area contributed by atoms with Crippen molar-refractivity contribution in [2.75, 3.05) is 0 Å². The van der Waals surface area contributed by atoms with Crippen LogP contribution < -0.4 is 4.57 Å². The zero-order valence-electron chi connectivity index (χ0n) is 17.0. The summed E-state index contributed by atoms with van der Waals surface area (Å²) in [5.41, 5.74) is 7.21. The van der Waals surface area contributed by atoms with E-state index >= 15 is 0 Å². The highest BCUT2D eigenvalue weighted by molar-refractivity contribution is 6.11. The third-order valence-electron chi connectivity index (χ3n) is 6.47. The smallest absolute Gasteiger partial charge is 0.216 e. The number of fused-ring (bicyclic) bond motifs is 3. The maximum absolute atomic E-state index is 9.61. The fourth-order valence-corrected chi connectivity index (χ4v) is 5.00. The van der Waals surface area contributed by atoms with Crippen LogP contribution in [0.25, 0.3) is 33.2 Å². The van der Waals surface area contributed by atoms with Crippen molar-refractivity contribution in [2.24, 2.45) is 7.05 Å². The first-order valence-electron chi connectivity index (χ1n) is 10.5. The van der Waals surface area contributed by atoms with E-state index < -0.39 is 0 Å². The summed E-state index contributed by atoms with van der Waals surface area (Å²) in [5, 5.41) is 12.0. The van der Waals surface area contributed by atoms with Gasteiger partial charge >= 0.3 is 0 Å². The summed E-state index contributed by atoms with van der Waals surface area (Å²) in [6.07, 6.45) is 8.31. The van der Waals surface area contributed by atoms with Gasteiger partial charge in [0.25, 0.3) is 0 Å². The Morgan fingerprint density at radius 3 is 2.66 bits per heavy atom. The Kier molecular flexibility index (Phi) is 4.36. The van der Waals surface area contributed by atoms with Crippen LogP contribution in [0.15, 0.2) is 53.1 Å². The summed E-state index contributed by atoms with van der Waals surface area (Å²) in [7, 11) is 2.07. The molecule has 5 rings (SSSR count). The Hall–Kier alpha value is -3.12. The van der Waals surface area contributed by atoms with E-state index in [1.807, 2.05) is 12.1 Å². The van der Waals surface area contributed by atoms with Crippen molar-refractivity contribution in [3.8, 4) is 17.3 Å². The average molecular weight is 381 g/mol. The van der Waals surface area contributed by atoms with E-state index in [-0.39, 0.29) is 0 Å². The van der Waals surface area contributed by atoms with Crippen molar-refractivity contribution in [1.29, 1.82) is 5.26 Å². The van der Waals surface area contributed by atoms with Crippen molar-refractivity contribution in [1.82, 2.24) is 0 Å². The van der Waals surface area contributed by atoms with Gasteiger partial charge < -0.3 is 4.42 Å². The van der Waals surface area contributed by atoms with Crippen LogP contribution in [0.2, 0.25) is 0 Å². The van der Waals surface area contributed by atoms with Crippen LogP contribution in [0, 0.1) is 18.3 Å². The molecule has 29 heavy (non-hydrogen) atoms. The van der Waals surface area contributed by atoms with Gasteiger partial charge in [0.2, 0.25) is 5.69 Å². The van der Waals surface area contributed by atoms with Gasteiger partial charge in [0.05, 0.1) is 17.2 Å². The number of benzene rings is 2.